The molecular weight excluding hydrogens is 335 g/mol. The van der Waals surface area contributed by atoms with Crippen molar-refractivity contribution in [2.75, 3.05) is 0 Å². The smallest absolute Gasteiger partial charge is 0.399 e. The van der Waals surface area contributed by atoms with Gasteiger partial charge in [-0.1, -0.05) is 18.2 Å². The van der Waals surface area contributed by atoms with E-state index in [-0.39, 0.29) is 18.3 Å². The third-order valence-electron chi connectivity index (χ3n) is 6.41. The van der Waals surface area contributed by atoms with Gasteiger partial charge in [0.2, 0.25) is 0 Å². The molecule has 0 spiro atoms. The second-order valence-corrected chi connectivity index (χ2v) is 8.93. The molecule has 0 unspecified atom stereocenters. The van der Waals surface area contributed by atoms with E-state index >= 15 is 0 Å². The molecule has 0 atom stereocenters. The third-order valence-corrected chi connectivity index (χ3v) is 6.41. The SMILES string of the molecule is CC1(C)OB(C2=CCc3ccc(-c4cncc(C5CC5)n4)cc32)OC1(C)C. The molecule has 4 nitrogen and oxygen atoms in total. The van der Waals surface area contributed by atoms with Crippen molar-refractivity contribution < 1.29 is 9.31 Å². The summed E-state index contributed by atoms with van der Waals surface area (Å²) < 4.78 is 12.6. The van der Waals surface area contributed by atoms with E-state index in [1.165, 1.54) is 24.0 Å². The fourth-order valence-electron chi connectivity index (χ4n) is 3.80. The minimum absolute atomic E-state index is 0.324. The minimum Gasteiger partial charge on any atom is -0.399 e. The van der Waals surface area contributed by atoms with Crippen molar-refractivity contribution in [3.63, 3.8) is 0 Å². The number of nitrogens with zero attached hydrogens (tertiary/aromatic N) is 2. The molecule has 0 N–H and O–H groups in total. The van der Waals surface area contributed by atoms with Gasteiger partial charge in [0, 0.05) is 17.7 Å². The molecule has 5 heteroatoms. The Morgan fingerprint density at radius 3 is 2.48 bits per heavy atom. The summed E-state index contributed by atoms with van der Waals surface area (Å²) in [6.45, 7) is 8.38. The fraction of sp³-hybridized carbons (Fsp3) is 0.455. The van der Waals surface area contributed by atoms with Crippen LogP contribution in [0.4, 0.5) is 0 Å². The van der Waals surface area contributed by atoms with E-state index in [1.54, 1.807) is 0 Å². The Bertz CT molecular complexity index is 931. The van der Waals surface area contributed by atoms with Gasteiger partial charge >= 0.3 is 7.12 Å². The molecule has 2 aromatic rings. The average molecular weight is 360 g/mol. The molecule has 1 saturated carbocycles. The van der Waals surface area contributed by atoms with Gasteiger partial charge in [0.15, 0.2) is 0 Å². The van der Waals surface area contributed by atoms with Crippen molar-refractivity contribution in [3.8, 4) is 11.3 Å². The van der Waals surface area contributed by atoms with Gasteiger partial charge in [-0.15, -0.1) is 0 Å². The molecule has 2 aliphatic carbocycles. The molecule has 138 valence electrons. The Morgan fingerprint density at radius 2 is 1.78 bits per heavy atom. The first-order chi connectivity index (χ1) is 12.8. The highest BCUT2D eigenvalue weighted by Gasteiger charge is 2.53. The van der Waals surface area contributed by atoms with Crippen molar-refractivity contribution in [2.45, 2.75) is 64.1 Å². The van der Waals surface area contributed by atoms with Crippen molar-refractivity contribution in [1.82, 2.24) is 9.97 Å². The zero-order chi connectivity index (χ0) is 18.8. The van der Waals surface area contributed by atoms with Gasteiger partial charge in [-0.25, -0.2) is 4.98 Å². The largest absolute Gasteiger partial charge is 0.495 e. The number of aromatic nitrogens is 2. The summed E-state index contributed by atoms with van der Waals surface area (Å²) in [5.41, 5.74) is 6.17. The van der Waals surface area contributed by atoms with Crippen LogP contribution < -0.4 is 0 Å². The molecule has 1 aromatic carbocycles. The summed E-state index contributed by atoms with van der Waals surface area (Å²) in [5, 5.41) is 0. The van der Waals surface area contributed by atoms with E-state index in [4.69, 9.17) is 14.3 Å². The summed E-state index contributed by atoms with van der Waals surface area (Å²) in [6, 6.07) is 6.57. The Kier molecular flexibility index (Phi) is 3.66. The number of hydrogen-bond donors (Lipinski definition) is 0. The van der Waals surface area contributed by atoms with Crippen molar-refractivity contribution in [2.24, 2.45) is 0 Å². The number of benzene rings is 1. The lowest BCUT2D eigenvalue weighted by molar-refractivity contribution is 0.00578. The van der Waals surface area contributed by atoms with E-state index in [9.17, 15) is 0 Å². The second-order valence-electron chi connectivity index (χ2n) is 8.93. The number of allylic oxidation sites excluding steroid dienone is 1. The molecule has 3 aliphatic rings. The number of rotatable bonds is 3. The number of fused-ring (bicyclic) bond motifs is 1. The Hall–Kier alpha value is -1.98. The van der Waals surface area contributed by atoms with E-state index in [0.29, 0.717) is 5.92 Å². The fourth-order valence-corrected chi connectivity index (χ4v) is 3.80. The standard InChI is InChI=1S/C22H25BN2O2/c1-21(2)22(3,4)27-23(26-21)18-10-9-14-5-8-16(11-17(14)18)20-13-24-12-19(25-20)15-6-7-15/h5,8,10-13,15H,6-7,9H2,1-4H3. The van der Waals surface area contributed by atoms with Gasteiger partial charge in [-0.2, -0.15) is 0 Å². The molecule has 0 amide bonds. The third kappa shape index (κ3) is 2.84. The zero-order valence-corrected chi connectivity index (χ0v) is 16.5. The first kappa shape index (κ1) is 17.1. The predicted molar refractivity (Wildman–Crippen MR) is 107 cm³/mol. The second kappa shape index (κ2) is 5.76. The monoisotopic (exact) mass is 360 g/mol. The Balaban J connectivity index is 1.48. The van der Waals surface area contributed by atoms with Gasteiger partial charge in [0.05, 0.1) is 28.8 Å². The van der Waals surface area contributed by atoms with Gasteiger partial charge in [0.25, 0.3) is 0 Å². The lowest BCUT2D eigenvalue weighted by atomic mass is 9.75. The van der Waals surface area contributed by atoms with Crippen LogP contribution in [0.5, 0.6) is 0 Å². The minimum atomic E-state index is -0.330. The van der Waals surface area contributed by atoms with Crippen LogP contribution in [0.2, 0.25) is 0 Å². The highest BCUT2D eigenvalue weighted by Crippen LogP contribution is 2.43. The summed E-state index contributed by atoms with van der Waals surface area (Å²) in [7, 11) is -0.324. The molecule has 5 rings (SSSR count). The molecule has 1 saturated heterocycles. The lowest BCUT2D eigenvalue weighted by Gasteiger charge is -2.32. The van der Waals surface area contributed by atoms with E-state index in [2.05, 4.69) is 57.0 Å². The summed E-state index contributed by atoms with van der Waals surface area (Å²) in [5.74, 6) is 0.604. The molecule has 27 heavy (non-hydrogen) atoms. The lowest BCUT2D eigenvalue weighted by Crippen LogP contribution is -2.41. The Morgan fingerprint density at radius 1 is 1.04 bits per heavy atom. The van der Waals surface area contributed by atoms with Crippen LogP contribution in [0.1, 0.15) is 63.3 Å². The molecule has 0 radical (unpaired) electrons. The van der Waals surface area contributed by atoms with Crippen molar-refractivity contribution in [3.05, 3.63) is 53.5 Å². The molecule has 2 fully saturated rings. The first-order valence-electron chi connectivity index (χ1n) is 9.85. The molecular formula is C22H25BN2O2. The van der Waals surface area contributed by atoms with Crippen LogP contribution in [-0.2, 0) is 15.7 Å². The van der Waals surface area contributed by atoms with Crippen LogP contribution in [0.3, 0.4) is 0 Å². The van der Waals surface area contributed by atoms with Gasteiger partial charge < -0.3 is 9.31 Å². The zero-order valence-electron chi connectivity index (χ0n) is 16.5. The van der Waals surface area contributed by atoms with Crippen LogP contribution in [-0.4, -0.2) is 28.3 Å². The Labute approximate surface area is 161 Å². The highest BCUT2D eigenvalue weighted by atomic mass is 16.7. The highest BCUT2D eigenvalue weighted by molar-refractivity contribution is 6.69. The van der Waals surface area contributed by atoms with Crippen LogP contribution >= 0.6 is 0 Å². The average Bonchev–Trinajstić information content (AvgIpc) is 3.35. The maximum absolute atomic E-state index is 6.29. The van der Waals surface area contributed by atoms with Crippen LogP contribution in [0.15, 0.2) is 36.7 Å². The topological polar surface area (TPSA) is 44.2 Å². The van der Waals surface area contributed by atoms with Gasteiger partial charge in [0.1, 0.15) is 0 Å². The van der Waals surface area contributed by atoms with Gasteiger partial charge in [-0.05, 0) is 69.6 Å². The van der Waals surface area contributed by atoms with Crippen LogP contribution in [0, 0.1) is 0 Å². The summed E-state index contributed by atoms with van der Waals surface area (Å²) in [6.07, 6.45) is 9.39. The maximum Gasteiger partial charge on any atom is 0.495 e. The quantitative estimate of drug-likeness (QED) is 0.751. The van der Waals surface area contributed by atoms with E-state index in [0.717, 1.165) is 28.8 Å². The summed E-state index contributed by atoms with van der Waals surface area (Å²) >= 11 is 0. The number of hydrogen-bond acceptors (Lipinski definition) is 4. The van der Waals surface area contributed by atoms with E-state index in [1.807, 2.05) is 12.4 Å². The van der Waals surface area contributed by atoms with Gasteiger partial charge in [-0.3, -0.25) is 4.98 Å². The van der Waals surface area contributed by atoms with Crippen molar-refractivity contribution in [1.29, 1.82) is 0 Å². The van der Waals surface area contributed by atoms with Crippen LogP contribution in [0.25, 0.3) is 16.7 Å². The molecule has 1 aromatic heterocycles. The predicted octanol–water partition coefficient (Wildman–Crippen LogP) is 4.59. The first-order valence-corrected chi connectivity index (χ1v) is 9.85. The maximum atomic E-state index is 6.29. The molecule has 0 bridgehead atoms. The van der Waals surface area contributed by atoms with E-state index < -0.39 is 0 Å². The molecule has 2 heterocycles. The molecule has 1 aliphatic heterocycles. The summed E-state index contributed by atoms with van der Waals surface area (Å²) in [4.78, 5) is 9.28. The normalized spacial score (nSPS) is 22.7. The van der Waals surface area contributed by atoms with Crippen molar-refractivity contribution >= 4 is 12.6 Å².